The Morgan fingerprint density at radius 2 is 1.67 bits per heavy atom. The molecule has 0 aromatic heterocycles. The minimum Gasteiger partial charge on any atom is -0.638 e. The first-order valence-corrected chi connectivity index (χ1v) is 5.77. The van der Waals surface area contributed by atoms with E-state index in [0.29, 0.717) is 0 Å². The number of nitrogens with zero attached hydrogens (tertiary/aromatic N) is 1. The second-order valence-corrected chi connectivity index (χ2v) is 5.01. The van der Waals surface area contributed by atoms with Crippen LogP contribution in [-0.4, -0.2) is 30.6 Å². The van der Waals surface area contributed by atoms with E-state index in [0.717, 1.165) is 0 Å². The summed E-state index contributed by atoms with van der Waals surface area (Å²) in [6.45, 7) is 8.89. The fourth-order valence-corrected chi connectivity index (χ4v) is 1.21. The Bertz CT molecular complexity index is 295. The van der Waals surface area contributed by atoms with Gasteiger partial charge in [-0.25, -0.2) is 0 Å². The summed E-state index contributed by atoms with van der Waals surface area (Å²) >= 11 is 0. The van der Waals surface area contributed by atoms with Crippen molar-refractivity contribution in [2.24, 2.45) is 17.6 Å². The fraction of sp³-hybridized carbons (Fsp3) is 0.833. The number of carbonyl (C=O) groups is 2. The van der Waals surface area contributed by atoms with Crippen molar-refractivity contribution in [3.63, 3.8) is 0 Å². The van der Waals surface area contributed by atoms with E-state index in [1.165, 1.54) is 7.11 Å². The molecule has 0 heterocycles. The van der Waals surface area contributed by atoms with Gasteiger partial charge in [-0.15, -0.1) is 0 Å². The molecule has 6 heteroatoms. The van der Waals surface area contributed by atoms with E-state index in [2.05, 4.69) is 5.32 Å². The van der Waals surface area contributed by atoms with Crippen LogP contribution in [0, 0.1) is 11.8 Å². The molecule has 0 aliphatic heterocycles. The third-order valence-electron chi connectivity index (χ3n) is 3.07. The Morgan fingerprint density at radius 3 is 1.94 bits per heavy atom. The van der Waals surface area contributed by atoms with Crippen LogP contribution < -0.4 is 24.6 Å². The summed E-state index contributed by atoms with van der Waals surface area (Å²) in [7, 11) is 1.28. The van der Waals surface area contributed by atoms with E-state index < -0.39 is 23.5 Å². The van der Waals surface area contributed by atoms with Gasteiger partial charge in [-0.1, -0.05) is 34.6 Å². The van der Waals surface area contributed by atoms with Crippen LogP contribution in [0.15, 0.2) is 0 Å². The number of hydrogen-bond donors (Lipinski definition) is 1. The number of rotatable bonds is 5. The number of ether oxygens (including phenoxy) is 1. The maximum atomic E-state index is 11.8. The van der Waals surface area contributed by atoms with Crippen LogP contribution in [0.3, 0.4) is 0 Å². The van der Waals surface area contributed by atoms with Crippen LogP contribution in [0.5, 0.6) is 0 Å². The van der Waals surface area contributed by atoms with Crippen molar-refractivity contribution in [3.05, 3.63) is 5.32 Å². The zero-order valence-corrected chi connectivity index (χ0v) is 12.5. The summed E-state index contributed by atoms with van der Waals surface area (Å²) in [6.07, 6.45) is 0. The van der Waals surface area contributed by atoms with Crippen molar-refractivity contribution < 1.29 is 33.2 Å². The molecule has 100 valence electrons. The molecule has 0 aliphatic carbocycles. The number of methoxy groups -OCH3 is 1. The number of hydrogen-bond acceptors (Lipinski definition) is 4. The molecule has 0 radical (unpaired) electrons. The van der Waals surface area contributed by atoms with Gasteiger partial charge in [0.25, 0.3) is 5.97 Å². The third-order valence-corrected chi connectivity index (χ3v) is 3.07. The van der Waals surface area contributed by atoms with Gasteiger partial charge in [0.1, 0.15) is 0 Å². The van der Waals surface area contributed by atoms with Crippen molar-refractivity contribution in [3.8, 4) is 0 Å². The van der Waals surface area contributed by atoms with Gasteiger partial charge < -0.3 is 20.6 Å². The second-order valence-electron chi connectivity index (χ2n) is 5.01. The van der Waals surface area contributed by atoms with Gasteiger partial charge in [0, 0.05) is 6.04 Å². The van der Waals surface area contributed by atoms with Gasteiger partial charge in [0.15, 0.2) is 0 Å². The van der Waals surface area contributed by atoms with Gasteiger partial charge in [-0.3, -0.25) is 4.79 Å². The van der Waals surface area contributed by atoms with Crippen LogP contribution in [0.4, 0.5) is 0 Å². The molecule has 18 heavy (non-hydrogen) atoms. The van der Waals surface area contributed by atoms with Gasteiger partial charge in [-0.2, -0.15) is 0 Å². The summed E-state index contributed by atoms with van der Waals surface area (Å²) in [4.78, 5) is 23.5. The van der Waals surface area contributed by atoms with E-state index in [1.807, 2.05) is 27.7 Å². The monoisotopic (exact) mass is 250 g/mol. The number of amides is 1. The number of esters is 1. The first-order valence-electron chi connectivity index (χ1n) is 5.77. The minimum atomic E-state index is -1.17. The quantitative estimate of drug-likeness (QED) is 0.473. The Kier molecular flexibility index (Phi) is 8.62. The van der Waals surface area contributed by atoms with Crippen molar-refractivity contribution in [2.45, 2.75) is 46.2 Å². The SMILES string of the molecule is COC(=O)[C@@](C)([N-]C(=O)C(N)C(C)C)C(C)C.[Li+]. The zero-order chi connectivity index (χ0) is 13.8. The number of carbonyl (C=O) groups excluding carboxylic acids is 2. The summed E-state index contributed by atoms with van der Waals surface area (Å²) in [5.41, 5.74) is 4.55. The molecule has 5 nitrogen and oxygen atoms in total. The molecule has 1 unspecified atom stereocenters. The van der Waals surface area contributed by atoms with E-state index in [9.17, 15) is 9.59 Å². The van der Waals surface area contributed by atoms with Crippen molar-refractivity contribution in [1.82, 2.24) is 0 Å². The van der Waals surface area contributed by atoms with Gasteiger partial charge >= 0.3 is 18.9 Å². The molecular formula is C12H23LiN2O3. The van der Waals surface area contributed by atoms with Crippen LogP contribution in [0.2, 0.25) is 0 Å². The molecule has 0 spiro atoms. The molecule has 2 atom stereocenters. The maximum absolute atomic E-state index is 11.8. The smallest absolute Gasteiger partial charge is 0.638 e. The van der Waals surface area contributed by atoms with Crippen LogP contribution in [0.1, 0.15) is 34.6 Å². The topological polar surface area (TPSA) is 83.5 Å². The Labute approximate surface area is 121 Å². The third kappa shape index (κ3) is 4.64. The van der Waals surface area contributed by atoms with Crippen LogP contribution >= 0.6 is 0 Å². The molecule has 0 aliphatic rings. The molecule has 1 amide bonds. The van der Waals surface area contributed by atoms with E-state index in [-0.39, 0.29) is 30.7 Å². The molecule has 0 rings (SSSR count). The standard InChI is InChI=1S/C12H24N2O3.Li/c1-7(2)9(13)10(15)14-12(5,8(3)4)11(16)17-6;/h7-9H,13H2,1-6H3,(H,14,15);/q;+1/p-1/t9?,12-;/m0./s1. The maximum Gasteiger partial charge on any atom is 1.00 e. The molecular weight excluding hydrogens is 227 g/mol. The van der Waals surface area contributed by atoms with Crippen molar-refractivity contribution in [1.29, 1.82) is 0 Å². The van der Waals surface area contributed by atoms with Crippen LogP contribution in [-0.2, 0) is 14.3 Å². The molecule has 2 N–H and O–H groups in total. The van der Waals surface area contributed by atoms with Gasteiger partial charge in [0.2, 0.25) is 0 Å². The average molecular weight is 250 g/mol. The molecule has 0 aromatic rings. The summed E-state index contributed by atoms with van der Waals surface area (Å²) in [6, 6.07) is -0.683. The Morgan fingerprint density at radius 1 is 1.22 bits per heavy atom. The Balaban J connectivity index is 0. The second kappa shape index (κ2) is 7.83. The average Bonchev–Trinajstić information content (AvgIpc) is 2.25. The van der Waals surface area contributed by atoms with Crippen LogP contribution in [0.25, 0.3) is 5.32 Å². The summed E-state index contributed by atoms with van der Waals surface area (Å²) in [5, 5.41) is 3.96. The summed E-state index contributed by atoms with van der Waals surface area (Å²) in [5.74, 6) is -1.13. The minimum absolute atomic E-state index is 0. The largest absolute Gasteiger partial charge is 1.00 e. The number of nitrogens with two attached hydrogens (primary N) is 1. The van der Waals surface area contributed by atoms with E-state index >= 15 is 0 Å². The van der Waals surface area contributed by atoms with Crippen molar-refractivity contribution >= 4 is 11.9 Å². The molecule has 0 saturated heterocycles. The molecule has 0 saturated carbocycles. The molecule has 0 bridgehead atoms. The Hall–Kier alpha value is -0.503. The predicted octanol–water partition coefficient (Wildman–Crippen LogP) is -1.54. The first kappa shape index (κ1) is 19.8. The van der Waals surface area contributed by atoms with Gasteiger partial charge in [-0.05, 0) is 17.4 Å². The zero-order valence-electron chi connectivity index (χ0n) is 12.5. The first-order chi connectivity index (χ1) is 7.66. The normalized spacial score (nSPS) is 15.6. The predicted molar refractivity (Wildman–Crippen MR) is 66.4 cm³/mol. The fourth-order valence-electron chi connectivity index (χ4n) is 1.21. The van der Waals surface area contributed by atoms with Gasteiger partial charge in [0.05, 0.1) is 13.0 Å². The molecule has 0 fully saturated rings. The van der Waals surface area contributed by atoms with E-state index in [1.54, 1.807) is 6.92 Å². The van der Waals surface area contributed by atoms with E-state index in [4.69, 9.17) is 10.5 Å². The molecule has 0 aromatic carbocycles. The van der Waals surface area contributed by atoms with Crippen molar-refractivity contribution in [2.75, 3.05) is 7.11 Å². The summed E-state index contributed by atoms with van der Waals surface area (Å²) < 4.78 is 4.69.